The molecule has 4 aliphatic heterocycles. The number of rotatable bonds is 6. The Morgan fingerprint density at radius 1 is 0.927 bits per heavy atom. The first kappa shape index (κ1) is 27.0. The Bertz CT molecular complexity index is 1440. The quantitative estimate of drug-likeness (QED) is 0.322. The minimum absolute atomic E-state index is 0.0211. The lowest BCUT2D eigenvalue weighted by atomic mass is 9.89. The van der Waals surface area contributed by atoms with Crippen LogP contribution in [0.1, 0.15) is 64.3 Å². The highest BCUT2D eigenvalue weighted by Crippen LogP contribution is 2.35. The zero-order valence-corrected chi connectivity index (χ0v) is 22.4. The van der Waals surface area contributed by atoms with Gasteiger partial charge >= 0.3 is 0 Å². The number of hydrogen-bond acceptors (Lipinski definition) is 8. The fraction of sp³-hybridized carbons (Fsp3) is 0.448. The van der Waals surface area contributed by atoms with Crippen LogP contribution in [0.2, 0.25) is 0 Å². The van der Waals surface area contributed by atoms with E-state index >= 15 is 4.39 Å². The average Bonchev–Trinajstić information content (AvgIpc) is 3.51. The molecule has 3 saturated heterocycles. The van der Waals surface area contributed by atoms with Gasteiger partial charge in [-0.2, -0.15) is 0 Å². The van der Waals surface area contributed by atoms with Gasteiger partial charge in [0.15, 0.2) is 0 Å². The number of fused-ring (bicyclic) bond motifs is 1. The van der Waals surface area contributed by atoms with E-state index in [1.165, 1.54) is 6.07 Å². The molecule has 4 amide bonds. The molecule has 0 saturated carbocycles. The van der Waals surface area contributed by atoms with Crippen molar-refractivity contribution < 1.29 is 28.5 Å². The Morgan fingerprint density at radius 2 is 1.61 bits per heavy atom. The summed E-state index contributed by atoms with van der Waals surface area (Å²) in [6.45, 7) is 3.95. The van der Waals surface area contributed by atoms with Gasteiger partial charge in [0.1, 0.15) is 11.9 Å². The van der Waals surface area contributed by atoms with E-state index in [-0.39, 0.29) is 40.3 Å². The van der Waals surface area contributed by atoms with Gasteiger partial charge in [0.2, 0.25) is 11.8 Å². The normalized spacial score (nSPS) is 23.7. The molecular formula is C29H30FN5O6. The fourth-order valence-corrected chi connectivity index (χ4v) is 6.60. The lowest BCUT2D eigenvalue weighted by molar-refractivity contribution is -0.384. The first-order valence-corrected chi connectivity index (χ1v) is 14.0. The highest BCUT2D eigenvalue weighted by atomic mass is 19.1. The zero-order valence-electron chi connectivity index (χ0n) is 22.4. The summed E-state index contributed by atoms with van der Waals surface area (Å²) in [7, 11) is 0. The van der Waals surface area contributed by atoms with E-state index in [2.05, 4.69) is 10.2 Å². The minimum atomic E-state index is -1.09. The molecule has 12 heteroatoms. The van der Waals surface area contributed by atoms with Gasteiger partial charge in [-0.1, -0.05) is 12.1 Å². The number of non-ortho nitro benzene ring substituents is 1. The fourth-order valence-electron chi connectivity index (χ4n) is 6.60. The van der Waals surface area contributed by atoms with Crippen LogP contribution >= 0.6 is 0 Å². The summed E-state index contributed by atoms with van der Waals surface area (Å²) in [6, 6.07) is 8.24. The van der Waals surface area contributed by atoms with Crippen molar-refractivity contribution in [1.29, 1.82) is 0 Å². The molecule has 0 aliphatic carbocycles. The highest BCUT2D eigenvalue weighted by molar-refractivity contribution is 6.23. The van der Waals surface area contributed by atoms with Gasteiger partial charge in [0, 0.05) is 38.2 Å². The SMILES string of the molecule is O=C1CCC(N2C(=O)c3cc(F)c(N4CC[C@@H](CN5CCC(c6ccc([N+](=O)[O-])cc6)CC5)C4)cc3C2=O)C(=O)N1. The number of anilines is 1. The van der Waals surface area contributed by atoms with E-state index in [1.54, 1.807) is 12.1 Å². The minimum Gasteiger partial charge on any atom is -0.369 e. The van der Waals surface area contributed by atoms with Gasteiger partial charge < -0.3 is 9.80 Å². The molecule has 0 aromatic heterocycles. The second-order valence-electron chi connectivity index (χ2n) is 11.3. The molecule has 1 unspecified atom stereocenters. The van der Waals surface area contributed by atoms with Crippen LogP contribution in [-0.2, 0) is 9.59 Å². The Hall–Kier alpha value is -4.19. The monoisotopic (exact) mass is 563 g/mol. The van der Waals surface area contributed by atoms with Crippen LogP contribution in [0.3, 0.4) is 0 Å². The number of nitrogens with zero attached hydrogens (tertiary/aromatic N) is 4. The number of amides is 4. The third-order valence-electron chi connectivity index (χ3n) is 8.81. The number of benzene rings is 2. The Kier molecular flexibility index (Phi) is 7.02. The van der Waals surface area contributed by atoms with E-state index in [4.69, 9.17) is 0 Å². The van der Waals surface area contributed by atoms with Crippen molar-refractivity contribution in [3.05, 3.63) is 69.0 Å². The molecule has 6 rings (SSSR count). The number of hydrogen-bond donors (Lipinski definition) is 1. The third-order valence-corrected chi connectivity index (χ3v) is 8.81. The summed E-state index contributed by atoms with van der Waals surface area (Å²) < 4.78 is 15.3. The van der Waals surface area contributed by atoms with Crippen molar-refractivity contribution in [3.63, 3.8) is 0 Å². The van der Waals surface area contributed by atoms with Crippen LogP contribution in [0.4, 0.5) is 15.8 Å². The summed E-state index contributed by atoms with van der Waals surface area (Å²) in [6.07, 6.45) is 2.87. The Balaban J connectivity index is 1.07. The lowest BCUT2D eigenvalue weighted by Gasteiger charge is -2.33. The van der Waals surface area contributed by atoms with Gasteiger partial charge in [-0.05, 0) is 68.3 Å². The molecule has 0 radical (unpaired) electrons. The first-order valence-electron chi connectivity index (χ1n) is 14.0. The van der Waals surface area contributed by atoms with Gasteiger partial charge in [0.25, 0.3) is 17.5 Å². The second-order valence-corrected chi connectivity index (χ2v) is 11.3. The van der Waals surface area contributed by atoms with Crippen molar-refractivity contribution in [1.82, 2.24) is 15.1 Å². The third kappa shape index (κ3) is 5.08. The number of carbonyl (C=O) groups is 4. The molecule has 2 atom stereocenters. The average molecular weight is 564 g/mol. The summed E-state index contributed by atoms with van der Waals surface area (Å²) >= 11 is 0. The Morgan fingerprint density at radius 3 is 2.27 bits per heavy atom. The van der Waals surface area contributed by atoms with Crippen molar-refractivity contribution >= 4 is 35.0 Å². The van der Waals surface area contributed by atoms with E-state index in [0.717, 1.165) is 55.4 Å². The molecule has 11 nitrogen and oxygen atoms in total. The van der Waals surface area contributed by atoms with E-state index in [0.29, 0.717) is 24.9 Å². The number of nitrogens with one attached hydrogen (secondary N) is 1. The number of nitro benzene ring substituents is 1. The molecule has 4 heterocycles. The summed E-state index contributed by atoms with van der Waals surface area (Å²) in [4.78, 5) is 65.7. The van der Waals surface area contributed by atoms with Gasteiger partial charge in [0.05, 0.1) is 21.7 Å². The maximum Gasteiger partial charge on any atom is 0.269 e. The molecule has 4 aliphatic rings. The number of imide groups is 2. The van der Waals surface area contributed by atoms with Gasteiger partial charge in [-0.15, -0.1) is 0 Å². The molecule has 1 N–H and O–H groups in total. The molecule has 2 aromatic carbocycles. The van der Waals surface area contributed by atoms with Gasteiger partial charge in [-0.3, -0.25) is 39.5 Å². The lowest BCUT2D eigenvalue weighted by Crippen LogP contribution is -2.54. The van der Waals surface area contributed by atoms with Crippen LogP contribution in [0.25, 0.3) is 0 Å². The zero-order chi connectivity index (χ0) is 28.8. The summed E-state index contributed by atoms with van der Waals surface area (Å²) in [5, 5.41) is 13.1. The van der Waals surface area contributed by atoms with Gasteiger partial charge in [-0.25, -0.2) is 4.39 Å². The molecule has 2 aromatic rings. The topological polar surface area (TPSA) is 133 Å². The van der Waals surface area contributed by atoms with Crippen LogP contribution in [-0.4, -0.2) is 77.1 Å². The number of piperidine rings is 2. The summed E-state index contributed by atoms with van der Waals surface area (Å²) in [5.74, 6) is -2.42. The second kappa shape index (κ2) is 10.7. The van der Waals surface area contributed by atoms with Crippen LogP contribution in [0.5, 0.6) is 0 Å². The maximum absolute atomic E-state index is 15.3. The van der Waals surface area contributed by atoms with E-state index in [1.807, 2.05) is 17.0 Å². The predicted octanol–water partition coefficient (Wildman–Crippen LogP) is 2.84. The highest BCUT2D eigenvalue weighted by Gasteiger charge is 2.45. The number of carbonyl (C=O) groups excluding carboxylic acids is 4. The van der Waals surface area contributed by atoms with Crippen molar-refractivity contribution in [2.75, 3.05) is 37.6 Å². The molecule has 3 fully saturated rings. The Labute approximate surface area is 235 Å². The number of nitro groups is 1. The maximum atomic E-state index is 15.3. The van der Waals surface area contributed by atoms with Crippen LogP contribution in [0.15, 0.2) is 36.4 Å². The smallest absolute Gasteiger partial charge is 0.269 e. The molecule has 0 spiro atoms. The largest absolute Gasteiger partial charge is 0.369 e. The number of likely N-dealkylation sites (tertiary alicyclic amines) is 1. The van der Waals surface area contributed by atoms with Crippen molar-refractivity contribution in [2.45, 2.75) is 44.1 Å². The summed E-state index contributed by atoms with van der Waals surface area (Å²) in [5.41, 5.74) is 1.51. The van der Waals surface area contributed by atoms with E-state index < -0.39 is 35.5 Å². The van der Waals surface area contributed by atoms with Crippen LogP contribution in [0, 0.1) is 21.8 Å². The predicted molar refractivity (Wildman–Crippen MR) is 145 cm³/mol. The van der Waals surface area contributed by atoms with Crippen LogP contribution < -0.4 is 10.2 Å². The standard InChI is InChI=1S/C29H30FN5O6/c30-23-13-21-22(29(39)34(28(21)38)24-5-6-26(36)31-27(24)37)14-25(23)33-12-7-17(16-33)15-32-10-8-19(9-11-32)18-1-3-20(4-2-18)35(40)41/h1-4,13-14,17,19,24H,5-12,15-16H2,(H,31,36,37)/t17-,24?/m0/s1. The molecule has 214 valence electrons. The molecular weight excluding hydrogens is 533 g/mol. The van der Waals surface area contributed by atoms with Crippen molar-refractivity contribution in [3.8, 4) is 0 Å². The van der Waals surface area contributed by atoms with E-state index in [9.17, 15) is 29.3 Å². The number of halogens is 1. The molecule has 0 bridgehead atoms. The van der Waals surface area contributed by atoms with Crippen molar-refractivity contribution in [2.24, 2.45) is 5.92 Å². The molecule has 41 heavy (non-hydrogen) atoms. The first-order chi connectivity index (χ1) is 19.7.